The Balaban J connectivity index is 2.13. The molecule has 116 valence electrons. The molecule has 0 spiro atoms. The van der Waals surface area contributed by atoms with Crippen LogP contribution in [0.4, 0.5) is 5.69 Å². The summed E-state index contributed by atoms with van der Waals surface area (Å²) in [6.45, 7) is 1.71. The number of carbonyl (C=O) groups excluding carboxylic acids is 2. The van der Waals surface area contributed by atoms with E-state index in [0.717, 1.165) is 11.3 Å². The average molecular weight is 342 g/mol. The standard InChI is InChI=1S/C12H12ClN5O3S/c1-5(11-15-4-7(22-11)12(20)21-2)17-10(19)9-8(13)6(14)3-16-18-9/h3-5H,1-2H3,(H2,14,18)(H,17,19). The molecule has 2 rings (SSSR count). The number of nitrogens with two attached hydrogens (primary N) is 1. The molecule has 0 saturated heterocycles. The van der Waals surface area contributed by atoms with E-state index >= 15 is 0 Å². The Morgan fingerprint density at radius 2 is 2.18 bits per heavy atom. The number of hydrogen-bond acceptors (Lipinski definition) is 8. The normalized spacial score (nSPS) is 11.8. The summed E-state index contributed by atoms with van der Waals surface area (Å²) in [7, 11) is 1.29. The van der Waals surface area contributed by atoms with Gasteiger partial charge in [-0.15, -0.1) is 16.4 Å². The van der Waals surface area contributed by atoms with Crippen LogP contribution in [-0.2, 0) is 4.74 Å². The van der Waals surface area contributed by atoms with Crippen molar-refractivity contribution in [2.24, 2.45) is 0 Å². The van der Waals surface area contributed by atoms with Gasteiger partial charge in [-0.1, -0.05) is 11.6 Å². The van der Waals surface area contributed by atoms with E-state index in [0.29, 0.717) is 9.88 Å². The Hall–Kier alpha value is -2.26. The van der Waals surface area contributed by atoms with Gasteiger partial charge in [-0.25, -0.2) is 9.78 Å². The molecule has 0 bridgehead atoms. The van der Waals surface area contributed by atoms with Crippen LogP contribution in [0.1, 0.15) is 38.1 Å². The van der Waals surface area contributed by atoms with Crippen molar-refractivity contribution in [3.8, 4) is 0 Å². The lowest BCUT2D eigenvalue weighted by molar-refractivity contribution is 0.0606. The summed E-state index contributed by atoms with van der Waals surface area (Å²) in [6, 6.07) is -0.449. The molecule has 2 aromatic heterocycles. The van der Waals surface area contributed by atoms with Crippen LogP contribution in [0.2, 0.25) is 5.02 Å². The second kappa shape index (κ2) is 6.67. The smallest absolute Gasteiger partial charge is 0.349 e. The maximum Gasteiger partial charge on any atom is 0.349 e. The lowest BCUT2D eigenvalue weighted by Crippen LogP contribution is -2.28. The van der Waals surface area contributed by atoms with Gasteiger partial charge in [-0.2, -0.15) is 5.10 Å². The summed E-state index contributed by atoms with van der Waals surface area (Å²) in [5, 5.41) is 10.5. The monoisotopic (exact) mass is 341 g/mol. The minimum Gasteiger partial charge on any atom is -0.465 e. The van der Waals surface area contributed by atoms with Crippen molar-refractivity contribution in [2.75, 3.05) is 12.8 Å². The van der Waals surface area contributed by atoms with Gasteiger partial charge in [-0.3, -0.25) is 4.79 Å². The predicted molar refractivity (Wildman–Crippen MR) is 80.8 cm³/mol. The Morgan fingerprint density at radius 1 is 1.45 bits per heavy atom. The lowest BCUT2D eigenvalue weighted by atomic mass is 10.3. The number of carbonyl (C=O) groups is 2. The molecule has 0 radical (unpaired) electrons. The number of halogens is 1. The fraction of sp³-hybridized carbons (Fsp3) is 0.250. The Morgan fingerprint density at radius 3 is 2.86 bits per heavy atom. The molecular weight excluding hydrogens is 330 g/mol. The predicted octanol–water partition coefficient (Wildman–Crippen LogP) is 1.45. The topological polar surface area (TPSA) is 120 Å². The van der Waals surface area contributed by atoms with Crippen LogP contribution in [0.5, 0.6) is 0 Å². The number of amides is 1. The SMILES string of the molecule is COC(=O)c1cnc(C(C)NC(=O)c2nncc(N)c2Cl)s1. The molecule has 0 aliphatic heterocycles. The van der Waals surface area contributed by atoms with Gasteiger partial charge >= 0.3 is 5.97 Å². The quantitative estimate of drug-likeness (QED) is 0.807. The largest absolute Gasteiger partial charge is 0.465 e. The van der Waals surface area contributed by atoms with Crippen molar-refractivity contribution in [1.82, 2.24) is 20.5 Å². The van der Waals surface area contributed by atoms with E-state index in [2.05, 4.69) is 25.2 Å². The summed E-state index contributed by atoms with van der Waals surface area (Å²) in [5.74, 6) is -1.01. The van der Waals surface area contributed by atoms with Crippen LogP contribution < -0.4 is 11.1 Å². The average Bonchev–Trinajstić information content (AvgIpc) is 2.99. The van der Waals surface area contributed by atoms with E-state index in [-0.39, 0.29) is 16.4 Å². The minimum absolute atomic E-state index is 0.0362. The minimum atomic E-state index is -0.535. The van der Waals surface area contributed by atoms with Crippen molar-refractivity contribution < 1.29 is 14.3 Å². The van der Waals surface area contributed by atoms with Crippen molar-refractivity contribution in [3.63, 3.8) is 0 Å². The molecular formula is C12H12ClN5O3S. The van der Waals surface area contributed by atoms with E-state index in [4.69, 9.17) is 17.3 Å². The van der Waals surface area contributed by atoms with Gasteiger partial charge in [0, 0.05) is 0 Å². The molecule has 2 aromatic rings. The molecule has 3 N–H and O–H groups in total. The number of nitrogen functional groups attached to an aromatic ring is 1. The Bertz CT molecular complexity index is 721. The number of nitrogens with zero attached hydrogens (tertiary/aromatic N) is 3. The maximum absolute atomic E-state index is 12.1. The van der Waals surface area contributed by atoms with Gasteiger partial charge < -0.3 is 15.8 Å². The third-order valence-corrected chi connectivity index (χ3v) is 4.22. The first-order valence-corrected chi connectivity index (χ1v) is 7.25. The van der Waals surface area contributed by atoms with Gasteiger partial charge in [0.15, 0.2) is 5.69 Å². The molecule has 0 saturated carbocycles. The van der Waals surface area contributed by atoms with Crippen LogP contribution in [0.25, 0.3) is 0 Å². The van der Waals surface area contributed by atoms with Gasteiger partial charge in [0.1, 0.15) is 9.88 Å². The number of esters is 1. The number of nitrogens with one attached hydrogen (secondary N) is 1. The molecule has 0 aliphatic carbocycles. The van der Waals surface area contributed by atoms with E-state index in [1.54, 1.807) is 6.92 Å². The van der Waals surface area contributed by atoms with Crippen LogP contribution in [-0.4, -0.2) is 34.2 Å². The summed E-state index contributed by atoms with van der Waals surface area (Å²) < 4.78 is 4.60. The fourth-order valence-electron chi connectivity index (χ4n) is 1.54. The highest BCUT2D eigenvalue weighted by atomic mass is 35.5. The third kappa shape index (κ3) is 3.31. The first-order chi connectivity index (χ1) is 10.4. The molecule has 10 heteroatoms. The van der Waals surface area contributed by atoms with Gasteiger partial charge in [0.05, 0.1) is 36.3 Å². The fourth-order valence-corrected chi connectivity index (χ4v) is 2.55. The number of thiazole rings is 1. The highest BCUT2D eigenvalue weighted by Gasteiger charge is 2.20. The molecule has 1 amide bonds. The highest BCUT2D eigenvalue weighted by molar-refractivity contribution is 7.13. The third-order valence-electron chi connectivity index (χ3n) is 2.66. The molecule has 1 atom stereocenters. The zero-order chi connectivity index (χ0) is 16.3. The van der Waals surface area contributed by atoms with Crippen LogP contribution in [0, 0.1) is 0 Å². The van der Waals surface area contributed by atoms with Crippen molar-refractivity contribution in [2.45, 2.75) is 13.0 Å². The summed E-state index contributed by atoms with van der Waals surface area (Å²) in [4.78, 5) is 27.9. The van der Waals surface area contributed by atoms with Crippen molar-refractivity contribution in [1.29, 1.82) is 0 Å². The van der Waals surface area contributed by atoms with E-state index < -0.39 is 17.9 Å². The molecule has 2 heterocycles. The zero-order valence-corrected chi connectivity index (χ0v) is 13.2. The van der Waals surface area contributed by atoms with Gasteiger partial charge in [-0.05, 0) is 6.92 Å². The second-order valence-electron chi connectivity index (χ2n) is 4.21. The molecule has 22 heavy (non-hydrogen) atoms. The maximum atomic E-state index is 12.1. The van der Waals surface area contributed by atoms with Crippen LogP contribution in [0.15, 0.2) is 12.4 Å². The number of hydrogen-bond donors (Lipinski definition) is 2. The number of ether oxygens (including phenoxy) is 1. The highest BCUT2D eigenvalue weighted by Crippen LogP contribution is 2.23. The van der Waals surface area contributed by atoms with Crippen LogP contribution in [0.3, 0.4) is 0 Å². The molecule has 1 unspecified atom stereocenters. The first kappa shape index (κ1) is 16.1. The van der Waals surface area contributed by atoms with Crippen molar-refractivity contribution in [3.05, 3.63) is 33.0 Å². The second-order valence-corrected chi connectivity index (χ2v) is 5.65. The Kier molecular flexibility index (Phi) is 4.88. The van der Waals surface area contributed by atoms with E-state index in [1.807, 2.05) is 0 Å². The van der Waals surface area contributed by atoms with Gasteiger partial charge in [0.2, 0.25) is 0 Å². The number of aromatic nitrogens is 3. The number of methoxy groups -OCH3 is 1. The molecule has 0 aromatic carbocycles. The van der Waals surface area contributed by atoms with Crippen LogP contribution >= 0.6 is 22.9 Å². The van der Waals surface area contributed by atoms with E-state index in [1.165, 1.54) is 19.5 Å². The molecule has 0 fully saturated rings. The van der Waals surface area contributed by atoms with Crippen molar-refractivity contribution >= 4 is 40.5 Å². The van der Waals surface area contributed by atoms with Gasteiger partial charge in [0.25, 0.3) is 5.91 Å². The lowest BCUT2D eigenvalue weighted by Gasteiger charge is -2.11. The number of anilines is 1. The first-order valence-electron chi connectivity index (χ1n) is 6.05. The molecule has 8 nitrogen and oxygen atoms in total. The summed E-state index contributed by atoms with van der Waals surface area (Å²) in [6.07, 6.45) is 2.65. The van der Waals surface area contributed by atoms with E-state index in [9.17, 15) is 9.59 Å². The zero-order valence-electron chi connectivity index (χ0n) is 11.7. The number of rotatable bonds is 4. The Labute approximate surface area is 134 Å². The summed E-state index contributed by atoms with van der Waals surface area (Å²) >= 11 is 7.04. The molecule has 0 aliphatic rings. The summed E-state index contributed by atoms with van der Waals surface area (Å²) in [5.41, 5.74) is 5.67.